The highest BCUT2D eigenvalue weighted by atomic mass is 32.2. The van der Waals surface area contributed by atoms with Crippen LogP contribution < -0.4 is 5.32 Å². The molecule has 0 radical (unpaired) electrons. The first-order valence-electron chi connectivity index (χ1n) is 4.43. The molecule has 0 aromatic rings. The van der Waals surface area contributed by atoms with Crippen LogP contribution in [0.15, 0.2) is 5.16 Å². The first-order valence-corrected chi connectivity index (χ1v) is 5.31. The smallest absolute Gasteiger partial charge is 0.323 e. The number of fused-ring (bicyclic) bond motifs is 2. The third-order valence-electron chi connectivity index (χ3n) is 2.44. The number of hydrogen-bond acceptors (Lipinski definition) is 4. The zero-order valence-electron chi connectivity index (χ0n) is 7.45. The fourth-order valence-electron chi connectivity index (χ4n) is 1.77. The Balaban J connectivity index is 1.91. The average Bonchev–Trinajstić information content (AvgIpc) is 2.74. The van der Waals surface area contributed by atoms with Gasteiger partial charge in [0.25, 0.3) is 0 Å². The maximum atomic E-state index is 10.7. The molecule has 1 amide bonds. The zero-order chi connectivity index (χ0) is 9.26. The second-order valence-electron chi connectivity index (χ2n) is 3.31. The minimum absolute atomic E-state index is 0.490. The van der Waals surface area contributed by atoms with Crippen LogP contribution in [0.3, 0.4) is 0 Å². The SMILES string of the molecule is CNC(=O)ON=C1SC2CCC1C2. The summed E-state index contributed by atoms with van der Waals surface area (Å²) in [5, 5.41) is 7.92. The standard InChI is InChI=1S/C8H12N2O2S/c1-9-8(11)12-10-7-5-2-3-6(4-5)13-7/h5-6H,2-4H2,1H3,(H,9,11). The van der Waals surface area contributed by atoms with E-state index < -0.39 is 6.09 Å². The van der Waals surface area contributed by atoms with E-state index in [0.717, 1.165) is 10.3 Å². The molecule has 1 aliphatic heterocycles. The summed E-state index contributed by atoms with van der Waals surface area (Å²) in [6.45, 7) is 0. The van der Waals surface area contributed by atoms with E-state index in [1.165, 1.54) is 26.3 Å². The molecule has 0 aromatic heterocycles. The molecule has 2 aliphatic rings. The third kappa shape index (κ3) is 1.80. The minimum Gasteiger partial charge on any atom is -0.323 e. The fraction of sp³-hybridized carbons (Fsp3) is 0.750. The van der Waals surface area contributed by atoms with E-state index in [0.29, 0.717) is 5.92 Å². The first kappa shape index (κ1) is 8.87. The van der Waals surface area contributed by atoms with Crippen LogP contribution in [0.1, 0.15) is 19.3 Å². The van der Waals surface area contributed by atoms with E-state index in [-0.39, 0.29) is 0 Å². The lowest BCUT2D eigenvalue weighted by Gasteiger charge is -2.09. The van der Waals surface area contributed by atoms with Crippen LogP contribution in [-0.2, 0) is 4.84 Å². The van der Waals surface area contributed by atoms with E-state index >= 15 is 0 Å². The summed E-state index contributed by atoms with van der Waals surface area (Å²) >= 11 is 1.76. The molecule has 2 fully saturated rings. The number of hydrogen-bond donors (Lipinski definition) is 1. The molecule has 5 heteroatoms. The van der Waals surface area contributed by atoms with Gasteiger partial charge in [0.2, 0.25) is 0 Å². The predicted molar refractivity (Wildman–Crippen MR) is 51.7 cm³/mol. The Morgan fingerprint density at radius 2 is 2.54 bits per heavy atom. The number of nitrogens with one attached hydrogen (secondary N) is 1. The maximum Gasteiger partial charge on any atom is 0.433 e. The predicted octanol–water partition coefficient (Wildman–Crippen LogP) is 1.57. The Kier molecular flexibility index (Phi) is 2.44. The maximum absolute atomic E-state index is 10.7. The fourth-order valence-corrected chi connectivity index (χ4v) is 3.18. The van der Waals surface area contributed by atoms with Crippen molar-refractivity contribution in [2.45, 2.75) is 24.5 Å². The average molecular weight is 200 g/mol. The highest BCUT2D eigenvalue weighted by molar-refractivity contribution is 8.14. The summed E-state index contributed by atoms with van der Waals surface area (Å²) < 4.78 is 0. The Bertz CT molecular complexity index is 255. The van der Waals surface area contributed by atoms with Crippen molar-refractivity contribution in [1.29, 1.82) is 0 Å². The van der Waals surface area contributed by atoms with Crippen molar-refractivity contribution < 1.29 is 9.63 Å². The molecule has 72 valence electrons. The lowest BCUT2D eigenvalue weighted by Crippen LogP contribution is -2.18. The van der Waals surface area contributed by atoms with Gasteiger partial charge in [0, 0.05) is 18.2 Å². The first-order chi connectivity index (χ1) is 6.29. The Morgan fingerprint density at radius 3 is 3.08 bits per heavy atom. The molecule has 1 saturated heterocycles. The summed E-state index contributed by atoms with van der Waals surface area (Å²) in [5.41, 5.74) is 0. The summed E-state index contributed by atoms with van der Waals surface area (Å²) in [4.78, 5) is 15.4. The van der Waals surface area contributed by atoms with Crippen LogP contribution in [-0.4, -0.2) is 23.4 Å². The third-order valence-corrected chi connectivity index (χ3v) is 3.85. The molecule has 2 bridgehead atoms. The number of amides is 1. The molecule has 4 nitrogen and oxygen atoms in total. The molecular weight excluding hydrogens is 188 g/mol. The van der Waals surface area contributed by atoms with Crippen LogP contribution in [0.5, 0.6) is 0 Å². The van der Waals surface area contributed by atoms with Crippen LogP contribution >= 0.6 is 11.8 Å². The van der Waals surface area contributed by atoms with E-state index in [1.807, 2.05) is 0 Å². The highest BCUT2D eigenvalue weighted by Gasteiger charge is 2.38. The lowest BCUT2D eigenvalue weighted by atomic mass is 10.1. The van der Waals surface area contributed by atoms with Gasteiger partial charge in [-0.05, 0) is 19.3 Å². The van der Waals surface area contributed by atoms with Crippen LogP contribution in [0, 0.1) is 5.92 Å². The van der Waals surface area contributed by atoms with Gasteiger partial charge in [-0.3, -0.25) is 4.84 Å². The van der Waals surface area contributed by atoms with Gasteiger partial charge in [-0.1, -0.05) is 5.16 Å². The van der Waals surface area contributed by atoms with E-state index in [1.54, 1.807) is 11.8 Å². The molecule has 2 rings (SSSR count). The number of carbonyl (C=O) groups excluding carboxylic acids is 1. The van der Waals surface area contributed by atoms with E-state index in [4.69, 9.17) is 0 Å². The van der Waals surface area contributed by atoms with Gasteiger partial charge < -0.3 is 5.32 Å². The van der Waals surface area contributed by atoms with Gasteiger partial charge in [-0.15, -0.1) is 11.8 Å². The molecule has 0 spiro atoms. The normalized spacial score (nSPS) is 33.8. The van der Waals surface area contributed by atoms with Gasteiger partial charge in [-0.2, -0.15) is 0 Å². The van der Waals surface area contributed by atoms with Gasteiger partial charge in [0.05, 0.1) is 0 Å². The van der Waals surface area contributed by atoms with Crippen molar-refractivity contribution in [3.63, 3.8) is 0 Å². The van der Waals surface area contributed by atoms with Crippen molar-refractivity contribution in [3.05, 3.63) is 0 Å². The Hall–Kier alpha value is -0.710. The number of oxime groups is 1. The monoisotopic (exact) mass is 200 g/mol. The van der Waals surface area contributed by atoms with Gasteiger partial charge >= 0.3 is 6.09 Å². The molecule has 2 unspecified atom stereocenters. The second-order valence-corrected chi connectivity index (χ2v) is 4.63. The topological polar surface area (TPSA) is 50.7 Å². The van der Waals surface area contributed by atoms with Gasteiger partial charge in [0.1, 0.15) is 5.04 Å². The molecule has 13 heavy (non-hydrogen) atoms. The highest BCUT2D eigenvalue weighted by Crippen LogP contribution is 2.45. The van der Waals surface area contributed by atoms with E-state index in [2.05, 4.69) is 15.3 Å². The molecular formula is C8H12N2O2S. The summed E-state index contributed by atoms with van der Waals surface area (Å²) in [6, 6.07) is 0. The van der Waals surface area contributed by atoms with Crippen LogP contribution in [0.4, 0.5) is 4.79 Å². The van der Waals surface area contributed by atoms with Crippen LogP contribution in [0.2, 0.25) is 0 Å². The molecule has 1 N–H and O–H groups in total. The molecule has 1 saturated carbocycles. The number of nitrogens with zero attached hydrogens (tertiary/aromatic N) is 1. The number of thioether (sulfide) groups is 1. The molecule has 1 aliphatic carbocycles. The van der Waals surface area contributed by atoms with Crippen molar-refractivity contribution in [1.82, 2.24) is 5.32 Å². The van der Waals surface area contributed by atoms with Crippen molar-refractivity contribution in [3.8, 4) is 0 Å². The van der Waals surface area contributed by atoms with Crippen molar-refractivity contribution in [2.75, 3.05) is 7.05 Å². The number of carbonyl (C=O) groups is 1. The second kappa shape index (κ2) is 3.57. The molecule has 0 aromatic carbocycles. The molecule has 2 atom stereocenters. The van der Waals surface area contributed by atoms with Crippen molar-refractivity contribution in [2.24, 2.45) is 11.1 Å². The summed E-state index contributed by atoms with van der Waals surface area (Å²) in [7, 11) is 1.52. The van der Waals surface area contributed by atoms with Crippen molar-refractivity contribution >= 4 is 22.9 Å². The Morgan fingerprint density at radius 1 is 1.69 bits per heavy atom. The van der Waals surface area contributed by atoms with Gasteiger partial charge in [-0.25, -0.2) is 4.79 Å². The zero-order valence-corrected chi connectivity index (χ0v) is 8.26. The largest absolute Gasteiger partial charge is 0.433 e. The minimum atomic E-state index is -0.490. The van der Waals surface area contributed by atoms with E-state index in [9.17, 15) is 4.79 Å². The Labute approximate surface area is 81.1 Å². The van der Waals surface area contributed by atoms with Gasteiger partial charge in [0.15, 0.2) is 0 Å². The lowest BCUT2D eigenvalue weighted by molar-refractivity contribution is 0.153. The number of rotatable bonds is 1. The molecule has 1 heterocycles. The quantitative estimate of drug-likeness (QED) is 0.516. The van der Waals surface area contributed by atoms with Crippen LogP contribution in [0.25, 0.3) is 0 Å². The summed E-state index contributed by atoms with van der Waals surface area (Å²) in [5.74, 6) is 0.555. The summed E-state index contributed by atoms with van der Waals surface area (Å²) in [6.07, 6.45) is 3.21.